The number of carboxylic acids is 1. The summed E-state index contributed by atoms with van der Waals surface area (Å²) in [5.41, 5.74) is -0.213. The van der Waals surface area contributed by atoms with Gasteiger partial charge in [0.15, 0.2) is 0 Å². The topological polar surface area (TPSA) is 66.4 Å². The molecule has 4 heteroatoms. The van der Waals surface area contributed by atoms with Gasteiger partial charge in [0.25, 0.3) is 0 Å². The van der Waals surface area contributed by atoms with E-state index >= 15 is 0 Å². The zero-order valence-corrected chi connectivity index (χ0v) is 11.9. The van der Waals surface area contributed by atoms with E-state index in [-0.39, 0.29) is 17.7 Å². The van der Waals surface area contributed by atoms with E-state index in [2.05, 4.69) is 5.32 Å². The van der Waals surface area contributed by atoms with Crippen LogP contribution in [0.25, 0.3) is 0 Å². The van der Waals surface area contributed by atoms with Gasteiger partial charge in [0.2, 0.25) is 5.91 Å². The molecule has 0 heterocycles. The van der Waals surface area contributed by atoms with Crippen molar-refractivity contribution >= 4 is 11.9 Å². The fourth-order valence-corrected chi connectivity index (χ4v) is 2.59. The average molecular weight is 275 g/mol. The summed E-state index contributed by atoms with van der Waals surface area (Å²) in [6.07, 6.45) is 2.38. The molecule has 1 aliphatic rings. The standard InChI is InChI=1S/C16H21NO3/c1-3-13(11-7-5-4-6-8-11)14(18)17-16(2,15(19)20)12-9-10-12/h4-8,12-13H,3,9-10H2,1-2H3,(H,17,18)(H,19,20). The largest absolute Gasteiger partial charge is 0.480 e. The molecule has 0 aliphatic heterocycles. The van der Waals surface area contributed by atoms with E-state index in [0.29, 0.717) is 6.42 Å². The summed E-state index contributed by atoms with van der Waals surface area (Å²) in [6, 6.07) is 9.50. The van der Waals surface area contributed by atoms with Crippen molar-refractivity contribution in [2.24, 2.45) is 5.92 Å². The molecular formula is C16H21NO3. The normalized spacial score (nSPS) is 18.9. The SMILES string of the molecule is CCC(C(=O)NC(C)(C(=O)O)C1CC1)c1ccccc1. The van der Waals surface area contributed by atoms with Crippen LogP contribution < -0.4 is 5.32 Å². The second-order valence-electron chi connectivity index (χ2n) is 5.64. The van der Waals surface area contributed by atoms with Gasteiger partial charge in [-0.1, -0.05) is 37.3 Å². The van der Waals surface area contributed by atoms with E-state index in [1.165, 1.54) is 0 Å². The van der Waals surface area contributed by atoms with Crippen LogP contribution in [-0.4, -0.2) is 22.5 Å². The molecule has 1 aromatic carbocycles. The van der Waals surface area contributed by atoms with Crippen molar-refractivity contribution < 1.29 is 14.7 Å². The van der Waals surface area contributed by atoms with Crippen LogP contribution in [-0.2, 0) is 9.59 Å². The number of nitrogens with one attached hydrogen (secondary N) is 1. The van der Waals surface area contributed by atoms with Crippen molar-refractivity contribution in [3.8, 4) is 0 Å². The van der Waals surface area contributed by atoms with Crippen LogP contribution >= 0.6 is 0 Å². The highest BCUT2D eigenvalue weighted by molar-refractivity contribution is 5.90. The van der Waals surface area contributed by atoms with E-state index < -0.39 is 11.5 Å². The summed E-state index contributed by atoms with van der Waals surface area (Å²) < 4.78 is 0. The second kappa shape index (κ2) is 5.65. The van der Waals surface area contributed by atoms with Crippen molar-refractivity contribution in [2.45, 2.75) is 44.6 Å². The smallest absolute Gasteiger partial charge is 0.329 e. The van der Waals surface area contributed by atoms with Gasteiger partial charge in [-0.2, -0.15) is 0 Å². The number of aliphatic carboxylic acids is 1. The molecule has 0 spiro atoms. The molecule has 108 valence electrons. The van der Waals surface area contributed by atoms with Crippen molar-refractivity contribution in [1.29, 1.82) is 0 Å². The number of rotatable bonds is 6. The number of carbonyl (C=O) groups excluding carboxylic acids is 1. The molecule has 1 fully saturated rings. The van der Waals surface area contributed by atoms with Gasteiger partial charge < -0.3 is 10.4 Å². The molecule has 1 aromatic rings. The van der Waals surface area contributed by atoms with Gasteiger partial charge in [0, 0.05) is 0 Å². The predicted molar refractivity (Wildman–Crippen MR) is 76.4 cm³/mol. The molecule has 1 aliphatic carbocycles. The lowest BCUT2D eigenvalue weighted by Crippen LogP contribution is -2.55. The first-order valence-electron chi connectivity index (χ1n) is 7.09. The van der Waals surface area contributed by atoms with Crippen molar-refractivity contribution in [2.75, 3.05) is 0 Å². The summed E-state index contributed by atoms with van der Waals surface area (Å²) in [7, 11) is 0. The third kappa shape index (κ3) is 2.84. The lowest BCUT2D eigenvalue weighted by molar-refractivity contribution is -0.148. The lowest BCUT2D eigenvalue weighted by atomic mass is 9.91. The predicted octanol–water partition coefficient (Wildman–Crippen LogP) is 2.55. The zero-order valence-electron chi connectivity index (χ0n) is 11.9. The number of carboxylic acid groups (broad SMARTS) is 1. The molecule has 2 N–H and O–H groups in total. The van der Waals surface area contributed by atoms with E-state index in [4.69, 9.17) is 0 Å². The van der Waals surface area contributed by atoms with Crippen LogP contribution in [0.2, 0.25) is 0 Å². The number of benzene rings is 1. The van der Waals surface area contributed by atoms with E-state index in [9.17, 15) is 14.7 Å². The fraction of sp³-hybridized carbons (Fsp3) is 0.500. The van der Waals surface area contributed by atoms with Crippen molar-refractivity contribution in [1.82, 2.24) is 5.32 Å². The van der Waals surface area contributed by atoms with Crippen LogP contribution in [0, 0.1) is 5.92 Å². The minimum absolute atomic E-state index is 0.0530. The molecule has 2 unspecified atom stereocenters. The van der Waals surface area contributed by atoms with E-state index in [1.807, 2.05) is 37.3 Å². The van der Waals surface area contributed by atoms with Gasteiger partial charge in [0.1, 0.15) is 5.54 Å². The lowest BCUT2D eigenvalue weighted by Gasteiger charge is -2.28. The molecule has 2 atom stereocenters. The third-order valence-electron chi connectivity index (χ3n) is 4.15. The van der Waals surface area contributed by atoms with E-state index in [1.54, 1.807) is 6.92 Å². The first-order valence-corrected chi connectivity index (χ1v) is 7.09. The summed E-state index contributed by atoms with van der Waals surface area (Å²) >= 11 is 0. The Bertz CT molecular complexity index is 496. The Labute approximate surface area is 119 Å². The van der Waals surface area contributed by atoms with E-state index in [0.717, 1.165) is 18.4 Å². The first kappa shape index (κ1) is 14.6. The summed E-state index contributed by atoms with van der Waals surface area (Å²) in [4.78, 5) is 23.9. The Morgan fingerprint density at radius 2 is 1.95 bits per heavy atom. The van der Waals surface area contributed by atoms with Crippen LogP contribution in [0.15, 0.2) is 30.3 Å². The number of hydrogen-bond donors (Lipinski definition) is 2. The van der Waals surface area contributed by atoms with Crippen molar-refractivity contribution in [3.05, 3.63) is 35.9 Å². The van der Waals surface area contributed by atoms with Gasteiger partial charge in [-0.05, 0) is 37.7 Å². The monoisotopic (exact) mass is 275 g/mol. The van der Waals surface area contributed by atoms with Crippen LogP contribution in [0.4, 0.5) is 0 Å². The fourth-order valence-electron chi connectivity index (χ4n) is 2.59. The van der Waals surface area contributed by atoms with Crippen LogP contribution in [0.3, 0.4) is 0 Å². The molecule has 0 aromatic heterocycles. The number of carbonyl (C=O) groups is 2. The minimum Gasteiger partial charge on any atom is -0.480 e. The Balaban J connectivity index is 2.15. The second-order valence-corrected chi connectivity index (χ2v) is 5.64. The maximum Gasteiger partial charge on any atom is 0.329 e. The highest BCUT2D eigenvalue weighted by Gasteiger charge is 2.49. The molecule has 2 rings (SSSR count). The Hall–Kier alpha value is -1.84. The number of hydrogen-bond acceptors (Lipinski definition) is 2. The maximum absolute atomic E-state index is 12.5. The Morgan fingerprint density at radius 3 is 2.40 bits per heavy atom. The quantitative estimate of drug-likeness (QED) is 0.838. The van der Waals surface area contributed by atoms with Gasteiger partial charge in [-0.15, -0.1) is 0 Å². The summed E-state index contributed by atoms with van der Waals surface area (Å²) in [5.74, 6) is -1.39. The minimum atomic E-state index is -1.14. The van der Waals surface area contributed by atoms with Gasteiger partial charge >= 0.3 is 5.97 Å². The molecule has 0 bridgehead atoms. The summed E-state index contributed by atoms with van der Waals surface area (Å²) in [5, 5.41) is 12.2. The molecule has 0 radical (unpaired) electrons. The first-order chi connectivity index (χ1) is 9.49. The van der Waals surface area contributed by atoms with Crippen LogP contribution in [0.1, 0.15) is 44.6 Å². The Kier molecular flexibility index (Phi) is 4.12. The van der Waals surface area contributed by atoms with Crippen molar-refractivity contribution in [3.63, 3.8) is 0 Å². The number of amides is 1. The van der Waals surface area contributed by atoms with Gasteiger partial charge in [-0.3, -0.25) is 4.79 Å². The molecule has 1 amide bonds. The molecular weight excluding hydrogens is 254 g/mol. The Morgan fingerprint density at radius 1 is 1.35 bits per heavy atom. The highest BCUT2D eigenvalue weighted by Crippen LogP contribution is 2.40. The van der Waals surface area contributed by atoms with Crippen LogP contribution in [0.5, 0.6) is 0 Å². The van der Waals surface area contributed by atoms with Gasteiger partial charge in [-0.25, -0.2) is 4.79 Å². The molecule has 20 heavy (non-hydrogen) atoms. The third-order valence-corrected chi connectivity index (χ3v) is 4.15. The van der Waals surface area contributed by atoms with Gasteiger partial charge in [0.05, 0.1) is 5.92 Å². The summed E-state index contributed by atoms with van der Waals surface area (Å²) in [6.45, 7) is 3.55. The molecule has 0 saturated heterocycles. The highest BCUT2D eigenvalue weighted by atomic mass is 16.4. The molecule has 1 saturated carbocycles. The maximum atomic E-state index is 12.5. The molecule has 4 nitrogen and oxygen atoms in total. The zero-order chi connectivity index (χ0) is 14.8. The average Bonchev–Trinajstić information content (AvgIpc) is 3.25.